The molecule has 0 bridgehead atoms. The number of urea groups is 1. The lowest BCUT2D eigenvalue weighted by Gasteiger charge is -2.21. The van der Waals surface area contributed by atoms with Crippen molar-refractivity contribution in [2.24, 2.45) is 5.92 Å². The highest BCUT2D eigenvalue weighted by atomic mass is 32.1. The van der Waals surface area contributed by atoms with Gasteiger partial charge in [0.15, 0.2) is 0 Å². The Labute approximate surface area is 192 Å². The number of carbonyl (C=O) groups is 1. The molecule has 166 valence electrons. The molecule has 1 unspecified atom stereocenters. The number of thiophene rings is 1. The first-order valence-electron chi connectivity index (χ1n) is 11.2. The Kier molecular flexibility index (Phi) is 6.31. The highest BCUT2D eigenvalue weighted by Gasteiger charge is 2.28. The van der Waals surface area contributed by atoms with Gasteiger partial charge in [-0.15, -0.1) is 0 Å². The number of aromatic nitrogens is 2. The summed E-state index contributed by atoms with van der Waals surface area (Å²) in [6.45, 7) is 5.24. The van der Waals surface area contributed by atoms with Gasteiger partial charge in [-0.3, -0.25) is 0 Å². The molecule has 2 N–H and O–H groups in total. The van der Waals surface area contributed by atoms with Crippen molar-refractivity contribution < 1.29 is 4.79 Å². The molecule has 32 heavy (non-hydrogen) atoms. The number of likely N-dealkylation sites (tertiary alicyclic amines) is 2. The third-order valence-corrected chi connectivity index (χ3v) is 6.87. The van der Waals surface area contributed by atoms with Gasteiger partial charge in [0.1, 0.15) is 0 Å². The fourth-order valence-electron chi connectivity index (χ4n) is 4.44. The Morgan fingerprint density at radius 1 is 1.00 bits per heavy atom. The van der Waals surface area contributed by atoms with Crippen LogP contribution in [0.1, 0.15) is 19.3 Å². The Balaban J connectivity index is 1.12. The van der Waals surface area contributed by atoms with Gasteiger partial charge in [-0.2, -0.15) is 11.3 Å². The summed E-state index contributed by atoms with van der Waals surface area (Å²) in [7, 11) is 0. The van der Waals surface area contributed by atoms with E-state index in [-0.39, 0.29) is 6.03 Å². The van der Waals surface area contributed by atoms with Crippen molar-refractivity contribution in [2.75, 3.05) is 43.4 Å². The fraction of sp³-hybridized carbons (Fsp3) is 0.375. The Hall–Kier alpha value is -2.97. The molecular formula is C24H28N6OS. The number of rotatable bonds is 6. The number of nitrogens with zero attached hydrogens (tertiary/aromatic N) is 4. The zero-order valence-electron chi connectivity index (χ0n) is 18.0. The number of anilines is 3. The van der Waals surface area contributed by atoms with Crippen LogP contribution in [-0.4, -0.2) is 58.5 Å². The van der Waals surface area contributed by atoms with Gasteiger partial charge in [-0.25, -0.2) is 14.8 Å². The van der Waals surface area contributed by atoms with Crippen molar-refractivity contribution in [3.8, 4) is 11.1 Å². The number of carbonyl (C=O) groups excluding carboxylic acids is 1. The summed E-state index contributed by atoms with van der Waals surface area (Å²) in [5, 5.41) is 10.4. The van der Waals surface area contributed by atoms with Crippen molar-refractivity contribution in [1.29, 1.82) is 0 Å². The molecule has 2 amide bonds. The first-order valence-corrected chi connectivity index (χ1v) is 12.2. The summed E-state index contributed by atoms with van der Waals surface area (Å²) in [4.78, 5) is 25.9. The molecule has 1 aromatic carbocycles. The average Bonchev–Trinajstić information content (AvgIpc) is 3.59. The van der Waals surface area contributed by atoms with E-state index in [1.807, 2.05) is 46.9 Å². The van der Waals surface area contributed by atoms with Gasteiger partial charge < -0.3 is 20.4 Å². The quantitative estimate of drug-likeness (QED) is 0.561. The Morgan fingerprint density at radius 2 is 1.75 bits per heavy atom. The van der Waals surface area contributed by atoms with E-state index in [2.05, 4.69) is 36.9 Å². The summed E-state index contributed by atoms with van der Waals surface area (Å²) in [5.41, 5.74) is 3.79. The molecule has 1 atom stereocenters. The zero-order chi connectivity index (χ0) is 21.8. The molecule has 7 nitrogen and oxygen atoms in total. The minimum absolute atomic E-state index is 0.0121. The molecule has 0 spiro atoms. The molecule has 0 saturated carbocycles. The van der Waals surface area contributed by atoms with Crippen molar-refractivity contribution in [3.05, 3.63) is 53.5 Å². The van der Waals surface area contributed by atoms with Crippen LogP contribution in [0.2, 0.25) is 0 Å². The van der Waals surface area contributed by atoms with E-state index in [0.29, 0.717) is 11.9 Å². The third kappa shape index (κ3) is 5.08. The van der Waals surface area contributed by atoms with E-state index in [9.17, 15) is 4.79 Å². The summed E-state index contributed by atoms with van der Waals surface area (Å²) in [6, 6.07) is 9.69. The van der Waals surface area contributed by atoms with Gasteiger partial charge in [0.25, 0.3) is 0 Å². The Morgan fingerprint density at radius 3 is 2.47 bits per heavy atom. The summed E-state index contributed by atoms with van der Waals surface area (Å²) < 4.78 is 0. The first kappa shape index (κ1) is 20.9. The SMILES string of the molecule is O=C(Nc1ccc(Nc2ncc(-c3ccsc3)cn2)cc1)N1CCC(CN2CCCC2)C1. The molecule has 0 radical (unpaired) electrons. The number of hydrogen-bond acceptors (Lipinski definition) is 6. The molecular weight excluding hydrogens is 420 g/mol. The van der Waals surface area contributed by atoms with E-state index in [1.165, 1.54) is 25.9 Å². The lowest BCUT2D eigenvalue weighted by molar-refractivity contribution is 0.217. The van der Waals surface area contributed by atoms with E-state index in [1.54, 1.807) is 11.3 Å². The minimum atomic E-state index is -0.0121. The standard InChI is InChI=1S/C24H28N6OS/c31-24(30-11-7-18(16-30)15-29-9-1-2-10-29)28-22-5-3-21(4-6-22)27-23-25-13-20(14-26-23)19-8-12-32-17-19/h3-6,8,12-14,17-18H,1-2,7,9-11,15-16H2,(H,28,31)(H,25,26,27). The lowest BCUT2D eigenvalue weighted by atomic mass is 10.1. The van der Waals surface area contributed by atoms with Crippen LogP contribution in [-0.2, 0) is 0 Å². The van der Waals surface area contributed by atoms with Gasteiger partial charge in [0.05, 0.1) is 0 Å². The Bertz CT molecular complexity index is 1020. The summed E-state index contributed by atoms with van der Waals surface area (Å²) >= 11 is 1.65. The highest BCUT2D eigenvalue weighted by Crippen LogP contribution is 2.23. The number of benzene rings is 1. The number of amides is 2. The molecule has 4 heterocycles. The second kappa shape index (κ2) is 9.67. The zero-order valence-corrected chi connectivity index (χ0v) is 18.9. The minimum Gasteiger partial charge on any atom is -0.324 e. The van der Waals surface area contributed by atoms with E-state index in [0.717, 1.165) is 48.6 Å². The molecule has 8 heteroatoms. The normalized spacial score (nSPS) is 18.8. The van der Waals surface area contributed by atoms with Crippen LogP contribution in [0.4, 0.5) is 22.1 Å². The molecule has 2 aromatic heterocycles. The first-order chi connectivity index (χ1) is 15.7. The van der Waals surface area contributed by atoms with Crippen LogP contribution in [0, 0.1) is 5.92 Å². The van der Waals surface area contributed by atoms with Crippen LogP contribution >= 0.6 is 11.3 Å². The van der Waals surface area contributed by atoms with Crippen molar-refractivity contribution in [2.45, 2.75) is 19.3 Å². The topological polar surface area (TPSA) is 73.4 Å². The molecule has 2 aliphatic rings. The largest absolute Gasteiger partial charge is 0.324 e. The van der Waals surface area contributed by atoms with E-state index < -0.39 is 0 Å². The number of hydrogen-bond donors (Lipinski definition) is 2. The maximum absolute atomic E-state index is 12.7. The highest BCUT2D eigenvalue weighted by molar-refractivity contribution is 7.08. The smallest absolute Gasteiger partial charge is 0.321 e. The van der Waals surface area contributed by atoms with Gasteiger partial charge in [-0.05, 0) is 84.9 Å². The molecule has 2 fully saturated rings. The van der Waals surface area contributed by atoms with Crippen LogP contribution in [0.25, 0.3) is 11.1 Å². The predicted molar refractivity (Wildman–Crippen MR) is 129 cm³/mol. The molecule has 2 saturated heterocycles. The van der Waals surface area contributed by atoms with Crippen LogP contribution < -0.4 is 10.6 Å². The fourth-order valence-corrected chi connectivity index (χ4v) is 5.10. The van der Waals surface area contributed by atoms with Crippen LogP contribution in [0.5, 0.6) is 0 Å². The van der Waals surface area contributed by atoms with Crippen LogP contribution in [0.3, 0.4) is 0 Å². The molecule has 3 aromatic rings. The van der Waals surface area contributed by atoms with Crippen molar-refractivity contribution in [3.63, 3.8) is 0 Å². The molecule has 5 rings (SSSR count). The van der Waals surface area contributed by atoms with Gasteiger partial charge in [0.2, 0.25) is 5.95 Å². The monoisotopic (exact) mass is 448 g/mol. The van der Waals surface area contributed by atoms with E-state index >= 15 is 0 Å². The second-order valence-electron chi connectivity index (χ2n) is 8.55. The maximum Gasteiger partial charge on any atom is 0.321 e. The van der Waals surface area contributed by atoms with Crippen LogP contribution in [0.15, 0.2) is 53.5 Å². The van der Waals surface area contributed by atoms with E-state index in [4.69, 9.17) is 0 Å². The number of nitrogens with one attached hydrogen (secondary N) is 2. The van der Waals surface area contributed by atoms with Gasteiger partial charge >= 0.3 is 6.03 Å². The van der Waals surface area contributed by atoms with Crippen molar-refractivity contribution >= 4 is 34.7 Å². The maximum atomic E-state index is 12.7. The summed E-state index contributed by atoms with van der Waals surface area (Å²) in [5.74, 6) is 1.14. The molecule has 0 aliphatic carbocycles. The van der Waals surface area contributed by atoms with Gasteiger partial charge in [0, 0.05) is 49.0 Å². The second-order valence-corrected chi connectivity index (χ2v) is 9.33. The van der Waals surface area contributed by atoms with Crippen molar-refractivity contribution in [1.82, 2.24) is 19.8 Å². The predicted octanol–water partition coefficient (Wildman–Crippen LogP) is 4.90. The third-order valence-electron chi connectivity index (χ3n) is 6.19. The van der Waals surface area contributed by atoms with Gasteiger partial charge in [-0.1, -0.05) is 0 Å². The molecule has 2 aliphatic heterocycles. The average molecular weight is 449 g/mol. The lowest BCUT2D eigenvalue weighted by Crippen LogP contribution is -2.34. The summed E-state index contributed by atoms with van der Waals surface area (Å²) in [6.07, 6.45) is 7.36.